The molecule has 0 bridgehead atoms. The Kier molecular flexibility index (Phi) is 8.32. The molecule has 28 heavy (non-hydrogen) atoms. The van der Waals surface area contributed by atoms with Crippen LogP contribution in [-0.2, 0) is 17.8 Å². The van der Waals surface area contributed by atoms with Crippen molar-refractivity contribution in [3.63, 3.8) is 0 Å². The first-order valence-electron chi connectivity index (χ1n) is 9.00. The van der Waals surface area contributed by atoms with Gasteiger partial charge in [0.1, 0.15) is 12.4 Å². The summed E-state index contributed by atoms with van der Waals surface area (Å²) in [6.45, 7) is 1.94. The molecule has 0 unspecified atom stereocenters. The van der Waals surface area contributed by atoms with Crippen molar-refractivity contribution in [2.45, 2.75) is 19.4 Å². The summed E-state index contributed by atoms with van der Waals surface area (Å²) in [5.41, 5.74) is 7.00. The zero-order valence-electron chi connectivity index (χ0n) is 16.0. The van der Waals surface area contributed by atoms with E-state index in [0.29, 0.717) is 31.1 Å². The van der Waals surface area contributed by atoms with Gasteiger partial charge in [0.25, 0.3) is 0 Å². The summed E-state index contributed by atoms with van der Waals surface area (Å²) in [6, 6.07) is 12.0. The molecule has 0 heterocycles. The van der Waals surface area contributed by atoms with Crippen LogP contribution in [0.1, 0.15) is 17.5 Å². The van der Waals surface area contributed by atoms with Crippen LogP contribution in [0, 0.1) is 18.2 Å². The number of rotatable bonds is 11. The molecular formula is C22H25FN2O3. The number of halogens is 1. The lowest BCUT2D eigenvalue weighted by Gasteiger charge is -2.19. The number of amides is 1. The first kappa shape index (κ1) is 21.3. The lowest BCUT2D eigenvalue weighted by atomic mass is 10.1. The van der Waals surface area contributed by atoms with Gasteiger partial charge >= 0.3 is 0 Å². The third-order valence-electron chi connectivity index (χ3n) is 4.22. The average Bonchev–Trinajstić information content (AvgIpc) is 2.68. The van der Waals surface area contributed by atoms with Crippen molar-refractivity contribution in [1.29, 1.82) is 0 Å². The zero-order chi connectivity index (χ0) is 20.4. The molecule has 5 nitrogen and oxygen atoms in total. The minimum Gasteiger partial charge on any atom is -0.493 e. The molecule has 2 aromatic rings. The number of primary amides is 1. The van der Waals surface area contributed by atoms with E-state index < -0.39 is 0 Å². The van der Waals surface area contributed by atoms with Gasteiger partial charge in [-0.15, -0.1) is 6.42 Å². The standard InChI is InChI=1S/C22H25FN2O3/c1-3-11-25(13-10-22(24)26)12-9-17-7-8-20(21(15-17)27-2)28-16-18-5-4-6-19(23)14-18/h1,4-8,14-15H,9-13,16H2,2H3,(H2,24,26). The summed E-state index contributed by atoms with van der Waals surface area (Å²) >= 11 is 0. The molecule has 1 amide bonds. The maximum absolute atomic E-state index is 13.3. The van der Waals surface area contributed by atoms with Crippen molar-refractivity contribution < 1.29 is 18.7 Å². The molecule has 148 valence electrons. The topological polar surface area (TPSA) is 64.8 Å². The Balaban J connectivity index is 1.97. The number of nitrogens with two attached hydrogens (primary N) is 1. The Labute approximate surface area is 165 Å². The van der Waals surface area contributed by atoms with Crippen LogP contribution >= 0.6 is 0 Å². The van der Waals surface area contributed by atoms with Crippen molar-refractivity contribution in [1.82, 2.24) is 4.90 Å². The number of hydrogen-bond donors (Lipinski definition) is 1. The highest BCUT2D eigenvalue weighted by atomic mass is 19.1. The third-order valence-corrected chi connectivity index (χ3v) is 4.22. The fraction of sp³-hybridized carbons (Fsp3) is 0.318. The van der Waals surface area contributed by atoms with Gasteiger partial charge in [-0.05, 0) is 41.8 Å². The first-order valence-corrected chi connectivity index (χ1v) is 9.00. The highest BCUT2D eigenvalue weighted by Crippen LogP contribution is 2.29. The highest BCUT2D eigenvalue weighted by Gasteiger charge is 2.09. The lowest BCUT2D eigenvalue weighted by Crippen LogP contribution is -2.30. The molecule has 2 N–H and O–H groups in total. The molecule has 0 saturated heterocycles. The SMILES string of the molecule is C#CCN(CCC(N)=O)CCc1ccc(OCc2cccc(F)c2)c(OC)c1. The van der Waals surface area contributed by atoms with Crippen molar-refractivity contribution >= 4 is 5.91 Å². The van der Waals surface area contributed by atoms with Gasteiger partial charge < -0.3 is 15.2 Å². The van der Waals surface area contributed by atoms with Gasteiger partial charge in [-0.25, -0.2) is 4.39 Å². The second-order valence-electron chi connectivity index (χ2n) is 6.35. The molecule has 0 radical (unpaired) electrons. The summed E-state index contributed by atoms with van der Waals surface area (Å²) in [5, 5.41) is 0. The highest BCUT2D eigenvalue weighted by molar-refractivity contribution is 5.73. The summed E-state index contributed by atoms with van der Waals surface area (Å²) < 4.78 is 24.5. The number of hydrogen-bond acceptors (Lipinski definition) is 4. The van der Waals surface area contributed by atoms with Gasteiger partial charge in [0.15, 0.2) is 11.5 Å². The molecular weight excluding hydrogens is 359 g/mol. The maximum Gasteiger partial charge on any atom is 0.218 e. The normalized spacial score (nSPS) is 10.5. The van der Waals surface area contributed by atoms with E-state index >= 15 is 0 Å². The van der Waals surface area contributed by atoms with Gasteiger partial charge in [0.2, 0.25) is 5.91 Å². The molecule has 0 fully saturated rings. The molecule has 0 aliphatic rings. The van der Waals surface area contributed by atoms with Crippen molar-refractivity contribution in [3.05, 3.63) is 59.4 Å². The van der Waals surface area contributed by atoms with Crippen LogP contribution in [0.4, 0.5) is 4.39 Å². The fourth-order valence-electron chi connectivity index (χ4n) is 2.73. The quantitative estimate of drug-likeness (QED) is 0.605. The predicted molar refractivity (Wildman–Crippen MR) is 107 cm³/mol. The molecule has 0 atom stereocenters. The largest absolute Gasteiger partial charge is 0.493 e. The second-order valence-corrected chi connectivity index (χ2v) is 6.35. The van der Waals surface area contributed by atoms with Crippen LogP contribution in [0.3, 0.4) is 0 Å². The summed E-state index contributed by atoms with van der Waals surface area (Å²) in [6.07, 6.45) is 6.41. The molecule has 2 aromatic carbocycles. The number of carbonyl (C=O) groups excluding carboxylic acids is 1. The van der Waals surface area contributed by atoms with Crippen molar-refractivity contribution in [2.75, 3.05) is 26.7 Å². The van der Waals surface area contributed by atoms with Crippen LogP contribution in [0.15, 0.2) is 42.5 Å². The van der Waals surface area contributed by atoms with Crippen LogP contribution in [-0.4, -0.2) is 37.6 Å². The van der Waals surface area contributed by atoms with Gasteiger partial charge in [0, 0.05) is 19.5 Å². The van der Waals surface area contributed by atoms with E-state index in [1.165, 1.54) is 12.1 Å². The summed E-state index contributed by atoms with van der Waals surface area (Å²) in [5.74, 6) is 3.15. The molecule has 0 saturated carbocycles. The Morgan fingerprint density at radius 3 is 2.68 bits per heavy atom. The first-order chi connectivity index (χ1) is 13.5. The molecule has 0 aliphatic carbocycles. The lowest BCUT2D eigenvalue weighted by molar-refractivity contribution is -0.118. The van der Waals surface area contributed by atoms with Crippen LogP contribution < -0.4 is 15.2 Å². The van der Waals surface area contributed by atoms with E-state index in [4.69, 9.17) is 21.6 Å². The van der Waals surface area contributed by atoms with Gasteiger partial charge in [0.05, 0.1) is 13.7 Å². The number of terminal acetylenes is 1. The Morgan fingerprint density at radius 1 is 1.18 bits per heavy atom. The van der Waals surface area contributed by atoms with Crippen LogP contribution in [0.25, 0.3) is 0 Å². The van der Waals surface area contributed by atoms with Crippen molar-refractivity contribution in [2.24, 2.45) is 5.73 Å². The van der Waals surface area contributed by atoms with E-state index in [1.54, 1.807) is 19.2 Å². The molecule has 0 spiro atoms. The summed E-state index contributed by atoms with van der Waals surface area (Å²) in [4.78, 5) is 13.0. The minimum absolute atomic E-state index is 0.247. The van der Waals surface area contributed by atoms with E-state index in [1.807, 2.05) is 23.1 Å². The number of ether oxygens (including phenoxy) is 2. The van der Waals surface area contributed by atoms with E-state index in [0.717, 1.165) is 17.5 Å². The van der Waals surface area contributed by atoms with E-state index in [9.17, 15) is 9.18 Å². The minimum atomic E-state index is -0.344. The smallest absolute Gasteiger partial charge is 0.218 e. The van der Waals surface area contributed by atoms with Crippen LogP contribution in [0.5, 0.6) is 11.5 Å². The average molecular weight is 384 g/mol. The molecule has 2 rings (SSSR count). The Hall–Kier alpha value is -3.04. The number of nitrogens with zero attached hydrogens (tertiary/aromatic N) is 1. The predicted octanol–water partition coefficient (Wildman–Crippen LogP) is 2.77. The molecule has 0 aliphatic heterocycles. The number of carbonyl (C=O) groups is 1. The van der Waals surface area contributed by atoms with Gasteiger partial charge in [-0.3, -0.25) is 9.69 Å². The zero-order valence-corrected chi connectivity index (χ0v) is 16.0. The number of methoxy groups -OCH3 is 1. The third kappa shape index (κ3) is 6.93. The molecule has 0 aromatic heterocycles. The van der Waals surface area contributed by atoms with E-state index in [2.05, 4.69) is 5.92 Å². The molecule has 6 heteroatoms. The number of benzene rings is 2. The summed E-state index contributed by atoms with van der Waals surface area (Å²) in [7, 11) is 1.58. The monoisotopic (exact) mass is 384 g/mol. The van der Waals surface area contributed by atoms with Crippen molar-refractivity contribution in [3.8, 4) is 23.8 Å². The van der Waals surface area contributed by atoms with E-state index in [-0.39, 0.29) is 24.8 Å². The van der Waals surface area contributed by atoms with Gasteiger partial charge in [-0.2, -0.15) is 0 Å². The Bertz CT molecular complexity index is 833. The van der Waals surface area contributed by atoms with Crippen LogP contribution in [0.2, 0.25) is 0 Å². The fourth-order valence-corrected chi connectivity index (χ4v) is 2.73. The second kappa shape index (κ2) is 11.0. The Morgan fingerprint density at radius 2 is 2.00 bits per heavy atom. The maximum atomic E-state index is 13.3. The van der Waals surface area contributed by atoms with Gasteiger partial charge in [-0.1, -0.05) is 24.1 Å².